The largest absolute Gasteiger partial charge is 0.444 e. The van der Waals surface area contributed by atoms with Crippen molar-refractivity contribution in [3.63, 3.8) is 0 Å². The van der Waals surface area contributed by atoms with Gasteiger partial charge in [-0.15, -0.1) is 0 Å². The molecular weight excluding hydrogens is 301 g/mol. The molecular formula is C16H22FN3O3. The molecule has 0 bridgehead atoms. The molecule has 3 N–H and O–H groups in total. The van der Waals surface area contributed by atoms with Crippen LogP contribution >= 0.6 is 0 Å². The van der Waals surface area contributed by atoms with E-state index in [1.807, 2.05) is 0 Å². The lowest BCUT2D eigenvalue weighted by Crippen LogP contribution is -2.40. The quantitative estimate of drug-likeness (QED) is 0.817. The highest BCUT2D eigenvalue weighted by molar-refractivity contribution is 5.95. The van der Waals surface area contributed by atoms with E-state index in [0.717, 1.165) is 6.07 Å². The van der Waals surface area contributed by atoms with Crippen LogP contribution in [0, 0.1) is 5.82 Å². The summed E-state index contributed by atoms with van der Waals surface area (Å²) in [7, 11) is 0. The smallest absolute Gasteiger partial charge is 0.410 e. The maximum absolute atomic E-state index is 13.7. The standard InChI is InChI=1S/C16H22FN3O3/c1-16(2,3)23-15(22)20-7-6-11(9-20)19-14(21)12-5-4-10(18)8-13(12)17/h4-5,8,11H,6-7,9,18H2,1-3H3,(H,19,21). The van der Waals surface area contributed by atoms with E-state index in [0.29, 0.717) is 19.5 Å². The van der Waals surface area contributed by atoms with Crippen molar-refractivity contribution in [1.29, 1.82) is 0 Å². The number of nitrogens with one attached hydrogen (secondary N) is 1. The summed E-state index contributed by atoms with van der Waals surface area (Å²) in [5.41, 5.74) is 5.10. The van der Waals surface area contributed by atoms with Gasteiger partial charge in [0.05, 0.1) is 5.56 Å². The first-order valence-electron chi connectivity index (χ1n) is 7.49. The number of carbonyl (C=O) groups excluding carboxylic acids is 2. The van der Waals surface area contributed by atoms with E-state index in [4.69, 9.17) is 10.5 Å². The number of hydrogen-bond donors (Lipinski definition) is 2. The van der Waals surface area contributed by atoms with E-state index in [2.05, 4.69) is 5.32 Å². The van der Waals surface area contributed by atoms with Gasteiger partial charge in [0.2, 0.25) is 0 Å². The number of carbonyl (C=O) groups is 2. The van der Waals surface area contributed by atoms with E-state index in [-0.39, 0.29) is 17.3 Å². The van der Waals surface area contributed by atoms with Crippen molar-refractivity contribution in [3.05, 3.63) is 29.6 Å². The maximum Gasteiger partial charge on any atom is 0.410 e. The summed E-state index contributed by atoms with van der Waals surface area (Å²) < 4.78 is 19.0. The van der Waals surface area contributed by atoms with Gasteiger partial charge in [0.1, 0.15) is 11.4 Å². The number of nitrogens with zero attached hydrogens (tertiary/aromatic N) is 1. The van der Waals surface area contributed by atoms with Crippen LogP contribution in [0.3, 0.4) is 0 Å². The zero-order valence-electron chi connectivity index (χ0n) is 13.6. The van der Waals surface area contributed by atoms with Crippen LogP contribution in [0.25, 0.3) is 0 Å². The van der Waals surface area contributed by atoms with E-state index in [1.54, 1.807) is 20.8 Å². The Hall–Kier alpha value is -2.31. The third-order valence-corrected chi connectivity index (χ3v) is 3.41. The van der Waals surface area contributed by atoms with Crippen molar-refractivity contribution in [2.75, 3.05) is 18.8 Å². The Morgan fingerprint density at radius 2 is 2.09 bits per heavy atom. The second kappa shape index (κ2) is 6.44. The Bertz CT molecular complexity index is 613. The predicted molar refractivity (Wildman–Crippen MR) is 84.5 cm³/mol. The first-order chi connectivity index (χ1) is 10.7. The number of benzene rings is 1. The molecule has 2 amide bonds. The second-order valence-electron chi connectivity index (χ2n) is 6.62. The monoisotopic (exact) mass is 323 g/mol. The highest BCUT2D eigenvalue weighted by Crippen LogP contribution is 2.17. The predicted octanol–water partition coefficient (Wildman–Crippen LogP) is 2.15. The summed E-state index contributed by atoms with van der Waals surface area (Å²) in [6.45, 7) is 6.22. The second-order valence-corrected chi connectivity index (χ2v) is 6.62. The van der Waals surface area contributed by atoms with Crippen molar-refractivity contribution in [2.45, 2.75) is 38.8 Å². The van der Waals surface area contributed by atoms with Gasteiger partial charge in [-0.2, -0.15) is 0 Å². The molecule has 1 fully saturated rings. The Labute approximate surface area is 134 Å². The van der Waals surface area contributed by atoms with Gasteiger partial charge in [-0.1, -0.05) is 0 Å². The Morgan fingerprint density at radius 1 is 1.39 bits per heavy atom. The highest BCUT2D eigenvalue weighted by atomic mass is 19.1. The van der Waals surface area contributed by atoms with Crippen LogP contribution in [-0.4, -0.2) is 41.6 Å². The average molecular weight is 323 g/mol. The molecule has 1 aromatic rings. The van der Waals surface area contributed by atoms with Crippen LogP contribution in [0.2, 0.25) is 0 Å². The Morgan fingerprint density at radius 3 is 2.70 bits per heavy atom. The maximum atomic E-state index is 13.7. The van der Waals surface area contributed by atoms with Crippen LogP contribution in [0.15, 0.2) is 18.2 Å². The molecule has 1 heterocycles. The summed E-state index contributed by atoms with van der Waals surface area (Å²) in [6, 6.07) is 3.70. The number of anilines is 1. The molecule has 0 aliphatic carbocycles. The SMILES string of the molecule is CC(C)(C)OC(=O)N1CCC(NC(=O)c2ccc(N)cc2F)C1. The lowest BCUT2D eigenvalue weighted by molar-refractivity contribution is 0.0290. The molecule has 2 rings (SSSR count). The number of nitrogen functional groups attached to an aromatic ring is 1. The molecule has 1 aliphatic rings. The molecule has 6 nitrogen and oxygen atoms in total. The van der Waals surface area contributed by atoms with Gasteiger partial charge in [0.15, 0.2) is 0 Å². The molecule has 0 aromatic heterocycles. The summed E-state index contributed by atoms with van der Waals surface area (Å²) in [5.74, 6) is -1.18. The van der Waals surface area contributed by atoms with E-state index < -0.39 is 23.4 Å². The number of halogens is 1. The van der Waals surface area contributed by atoms with Gasteiger partial charge in [-0.25, -0.2) is 9.18 Å². The van der Waals surface area contributed by atoms with E-state index in [9.17, 15) is 14.0 Å². The van der Waals surface area contributed by atoms with Crippen LogP contribution in [0.5, 0.6) is 0 Å². The van der Waals surface area contributed by atoms with Crippen LogP contribution in [-0.2, 0) is 4.74 Å². The summed E-state index contributed by atoms with van der Waals surface area (Å²) in [4.78, 5) is 25.6. The molecule has 1 aliphatic heterocycles. The van der Waals surface area contributed by atoms with Gasteiger partial charge in [0.25, 0.3) is 5.91 Å². The zero-order valence-corrected chi connectivity index (χ0v) is 13.6. The van der Waals surface area contributed by atoms with Gasteiger partial charge in [-0.3, -0.25) is 4.79 Å². The normalized spacial score (nSPS) is 17.9. The number of rotatable bonds is 2. The van der Waals surface area contributed by atoms with E-state index in [1.165, 1.54) is 17.0 Å². The Kier molecular flexibility index (Phi) is 4.77. The van der Waals surface area contributed by atoms with Crippen molar-refractivity contribution < 1.29 is 18.7 Å². The van der Waals surface area contributed by atoms with Gasteiger partial charge in [0, 0.05) is 24.8 Å². The van der Waals surface area contributed by atoms with Crippen molar-refractivity contribution in [3.8, 4) is 0 Å². The van der Waals surface area contributed by atoms with Crippen LogP contribution < -0.4 is 11.1 Å². The number of nitrogens with two attached hydrogens (primary N) is 1. The van der Waals surface area contributed by atoms with Crippen LogP contribution in [0.4, 0.5) is 14.9 Å². The molecule has 126 valence electrons. The fraction of sp³-hybridized carbons (Fsp3) is 0.500. The van der Waals surface area contributed by atoms with Crippen molar-refractivity contribution >= 4 is 17.7 Å². The lowest BCUT2D eigenvalue weighted by Gasteiger charge is -2.24. The van der Waals surface area contributed by atoms with Crippen molar-refractivity contribution in [2.24, 2.45) is 0 Å². The van der Waals surface area contributed by atoms with Crippen molar-refractivity contribution in [1.82, 2.24) is 10.2 Å². The summed E-state index contributed by atoms with van der Waals surface area (Å²) >= 11 is 0. The van der Waals surface area contributed by atoms with Crippen LogP contribution in [0.1, 0.15) is 37.6 Å². The Balaban J connectivity index is 1.92. The van der Waals surface area contributed by atoms with E-state index >= 15 is 0 Å². The first-order valence-corrected chi connectivity index (χ1v) is 7.49. The molecule has 23 heavy (non-hydrogen) atoms. The number of ether oxygens (including phenoxy) is 1. The third kappa shape index (κ3) is 4.58. The molecule has 1 saturated heterocycles. The molecule has 7 heteroatoms. The molecule has 1 aromatic carbocycles. The minimum Gasteiger partial charge on any atom is -0.444 e. The molecule has 0 saturated carbocycles. The lowest BCUT2D eigenvalue weighted by atomic mass is 10.1. The first kappa shape index (κ1) is 17.1. The molecule has 0 radical (unpaired) electrons. The highest BCUT2D eigenvalue weighted by Gasteiger charge is 2.31. The molecule has 1 atom stereocenters. The summed E-state index contributed by atoms with van der Waals surface area (Å²) in [6.07, 6.45) is 0.189. The van der Waals surface area contributed by atoms with Gasteiger partial charge >= 0.3 is 6.09 Å². The topological polar surface area (TPSA) is 84.7 Å². The average Bonchev–Trinajstić information content (AvgIpc) is 2.85. The molecule has 0 spiro atoms. The number of likely N-dealkylation sites (tertiary alicyclic amines) is 1. The minimum atomic E-state index is -0.663. The summed E-state index contributed by atoms with van der Waals surface area (Å²) in [5, 5.41) is 2.73. The molecule has 1 unspecified atom stereocenters. The third-order valence-electron chi connectivity index (χ3n) is 3.41. The van der Waals surface area contributed by atoms with Gasteiger partial charge in [-0.05, 0) is 45.4 Å². The number of hydrogen-bond acceptors (Lipinski definition) is 4. The minimum absolute atomic E-state index is 0.0603. The fourth-order valence-corrected chi connectivity index (χ4v) is 2.35. The zero-order chi connectivity index (χ0) is 17.2. The fourth-order valence-electron chi connectivity index (χ4n) is 2.35. The number of amides is 2. The van der Waals surface area contributed by atoms with Gasteiger partial charge < -0.3 is 20.7 Å².